The summed E-state index contributed by atoms with van der Waals surface area (Å²) in [7, 11) is 0. The van der Waals surface area contributed by atoms with Crippen LogP contribution >= 0.6 is 0 Å². The van der Waals surface area contributed by atoms with E-state index >= 15 is 0 Å². The fourth-order valence-corrected chi connectivity index (χ4v) is 1.26. The molecule has 1 N–H and O–H groups in total. The Kier molecular flexibility index (Phi) is 1.88. The van der Waals surface area contributed by atoms with Crippen LogP contribution in [0.25, 0.3) is 0 Å². The minimum Gasteiger partial charge on any atom is -0.463 e. The van der Waals surface area contributed by atoms with Gasteiger partial charge in [-0.2, -0.15) is 5.10 Å². The molecule has 2 heterocycles. The van der Waals surface area contributed by atoms with Crippen LogP contribution in [0.2, 0.25) is 0 Å². The van der Waals surface area contributed by atoms with Crippen LogP contribution in [0.1, 0.15) is 19.1 Å². The molecule has 4 nitrogen and oxygen atoms in total. The zero-order chi connectivity index (χ0) is 9.26. The van der Waals surface area contributed by atoms with Gasteiger partial charge < -0.3 is 4.42 Å². The van der Waals surface area contributed by atoms with E-state index in [4.69, 9.17) is 4.42 Å². The number of nitrogens with one attached hydrogen (secondary N) is 1. The fraction of sp³-hybridized carbons (Fsp3) is 0.333. The monoisotopic (exact) mass is 178 g/mol. The van der Waals surface area contributed by atoms with E-state index in [1.807, 2.05) is 13.0 Å². The Bertz CT molecular complexity index is 341. The molecule has 1 unspecified atom stereocenters. The zero-order valence-electron chi connectivity index (χ0n) is 7.28. The zero-order valence-corrected chi connectivity index (χ0v) is 7.28. The maximum absolute atomic E-state index is 11.1. The van der Waals surface area contributed by atoms with Gasteiger partial charge in [-0.25, -0.2) is 5.43 Å². The van der Waals surface area contributed by atoms with Crippen molar-refractivity contribution < 1.29 is 9.21 Å². The van der Waals surface area contributed by atoms with Crippen LogP contribution in [0.5, 0.6) is 0 Å². The standard InChI is InChI=1S/C9H10N2O2/c1-6-5-7(10-11-9(6)12)8-3-2-4-13-8/h2-4,6H,5H2,1H3,(H,11,12). The van der Waals surface area contributed by atoms with Gasteiger partial charge in [0.2, 0.25) is 5.91 Å². The molecule has 13 heavy (non-hydrogen) atoms. The van der Waals surface area contributed by atoms with E-state index in [1.54, 1.807) is 12.3 Å². The SMILES string of the molecule is CC1CC(c2ccco2)=NNC1=O. The summed E-state index contributed by atoms with van der Waals surface area (Å²) in [5, 5.41) is 3.93. The largest absolute Gasteiger partial charge is 0.463 e. The van der Waals surface area contributed by atoms with Crippen molar-refractivity contribution in [3.63, 3.8) is 0 Å². The van der Waals surface area contributed by atoms with Crippen LogP contribution < -0.4 is 5.43 Å². The highest BCUT2D eigenvalue weighted by molar-refractivity contribution is 6.02. The van der Waals surface area contributed by atoms with Crippen LogP contribution in [-0.4, -0.2) is 11.6 Å². The van der Waals surface area contributed by atoms with Crippen molar-refractivity contribution in [2.75, 3.05) is 0 Å². The topological polar surface area (TPSA) is 54.6 Å². The molecule has 1 aliphatic heterocycles. The molecule has 1 aromatic rings. The van der Waals surface area contributed by atoms with Crippen LogP contribution in [0.4, 0.5) is 0 Å². The van der Waals surface area contributed by atoms with Crippen molar-refractivity contribution in [2.45, 2.75) is 13.3 Å². The van der Waals surface area contributed by atoms with Crippen molar-refractivity contribution in [1.29, 1.82) is 0 Å². The van der Waals surface area contributed by atoms with Crippen molar-refractivity contribution >= 4 is 11.6 Å². The maximum atomic E-state index is 11.1. The Hall–Kier alpha value is -1.58. The number of rotatable bonds is 1. The lowest BCUT2D eigenvalue weighted by Gasteiger charge is -2.15. The normalized spacial score (nSPS) is 22.4. The summed E-state index contributed by atoms with van der Waals surface area (Å²) in [4.78, 5) is 11.1. The number of furan rings is 1. The number of carbonyl (C=O) groups is 1. The van der Waals surface area contributed by atoms with Crippen LogP contribution in [-0.2, 0) is 4.79 Å². The highest BCUT2D eigenvalue weighted by Crippen LogP contribution is 2.14. The van der Waals surface area contributed by atoms with Crippen molar-refractivity contribution in [2.24, 2.45) is 11.0 Å². The molecule has 0 saturated carbocycles. The molecule has 2 rings (SSSR count). The van der Waals surface area contributed by atoms with Crippen molar-refractivity contribution in [3.8, 4) is 0 Å². The Morgan fingerprint density at radius 2 is 2.54 bits per heavy atom. The summed E-state index contributed by atoms with van der Waals surface area (Å²) in [5.41, 5.74) is 3.26. The van der Waals surface area contributed by atoms with Crippen LogP contribution in [0, 0.1) is 5.92 Å². The number of hydrogen-bond donors (Lipinski definition) is 1. The van der Waals surface area contributed by atoms with Crippen LogP contribution in [0.3, 0.4) is 0 Å². The van der Waals surface area contributed by atoms with Gasteiger partial charge in [0.05, 0.1) is 6.26 Å². The molecule has 1 aliphatic rings. The average Bonchev–Trinajstić information content (AvgIpc) is 2.62. The van der Waals surface area contributed by atoms with E-state index in [2.05, 4.69) is 10.5 Å². The molecule has 1 atom stereocenters. The van der Waals surface area contributed by atoms with Gasteiger partial charge in [0, 0.05) is 12.3 Å². The third kappa shape index (κ3) is 1.47. The van der Waals surface area contributed by atoms with E-state index in [1.165, 1.54) is 0 Å². The first-order valence-electron chi connectivity index (χ1n) is 4.17. The molecule has 1 amide bonds. The van der Waals surface area contributed by atoms with Gasteiger partial charge in [0.1, 0.15) is 11.5 Å². The molecule has 1 aromatic heterocycles. The molecule has 0 aromatic carbocycles. The van der Waals surface area contributed by atoms with Crippen LogP contribution in [0.15, 0.2) is 27.9 Å². The molecule has 0 bridgehead atoms. The summed E-state index contributed by atoms with van der Waals surface area (Å²) >= 11 is 0. The minimum absolute atomic E-state index is 0.0300. The van der Waals surface area contributed by atoms with E-state index in [9.17, 15) is 4.79 Å². The molecular weight excluding hydrogens is 168 g/mol. The lowest BCUT2D eigenvalue weighted by atomic mass is 10.0. The molecule has 0 saturated heterocycles. The Morgan fingerprint density at radius 1 is 1.69 bits per heavy atom. The number of amides is 1. The predicted octanol–water partition coefficient (Wildman–Crippen LogP) is 1.14. The number of carbonyl (C=O) groups excluding carboxylic acids is 1. The predicted molar refractivity (Wildman–Crippen MR) is 47.2 cm³/mol. The first-order chi connectivity index (χ1) is 6.27. The number of nitrogens with zero attached hydrogens (tertiary/aromatic N) is 1. The van der Waals surface area contributed by atoms with Gasteiger partial charge in [-0.05, 0) is 12.1 Å². The number of hydrazone groups is 1. The molecule has 0 aliphatic carbocycles. The lowest BCUT2D eigenvalue weighted by molar-refractivity contribution is -0.124. The molecular formula is C9H10N2O2. The summed E-state index contributed by atoms with van der Waals surface area (Å²) in [6, 6.07) is 3.64. The second kappa shape index (κ2) is 3.05. The molecule has 68 valence electrons. The first-order valence-corrected chi connectivity index (χ1v) is 4.17. The second-order valence-corrected chi connectivity index (χ2v) is 3.12. The Balaban J connectivity index is 2.23. The van der Waals surface area contributed by atoms with E-state index < -0.39 is 0 Å². The summed E-state index contributed by atoms with van der Waals surface area (Å²) in [6.45, 7) is 1.87. The molecule has 4 heteroatoms. The maximum Gasteiger partial charge on any atom is 0.243 e. The van der Waals surface area contributed by atoms with E-state index in [0.29, 0.717) is 6.42 Å². The van der Waals surface area contributed by atoms with E-state index in [-0.39, 0.29) is 11.8 Å². The van der Waals surface area contributed by atoms with Gasteiger partial charge in [0.25, 0.3) is 0 Å². The van der Waals surface area contributed by atoms with Gasteiger partial charge >= 0.3 is 0 Å². The fourth-order valence-electron chi connectivity index (χ4n) is 1.26. The first kappa shape index (κ1) is 8.04. The smallest absolute Gasteiger partial charge is 0.243 e. The third-order valence-electron chi connectivity index (χ3n) is 2.05. The van der Waals surface area contributed by atoms with Gasteiger partial charge in [0.15, 0.2) is 0 Å². The van der Waals surface area contributed by atoms with Crippen molar-refractivity contribution in [1.82, 2.24) is 5.43 Å². The summed E-state index contributed by atoms with van der Waals surface area (Å²) < 4.78 is 5.17. The summed E-state index contributed by atoms with van der Waals surface area (Å²) in [5.74, 6) is 0.666. The molecule has 0 spiro atoms. The Labute approximate surface area is 75.6 Å². The quantitative estimate of drug-likeness (QED) is 0.701. The molecule has 0 radical (unpaired) electrons. The average molecular weight is 178 g/mol. The minimum atomic E-state index is -0.0321. The second-order valence-electron chi connectivity index (χ2n) is 3.12. The van der Waals surface area contributed by atoms with Crippen molar-refractivity contribution in [3.05, 3.63) is 24.2 Å². The molecule has 0 fully saturated rings. The van der Waals surface area contributed by atoms with E-state index in [0.717, 1.165) is 11.5 Å². The Morgan fingerprint density at radius 3 is 3.15 bits per heavy atom. The highest BCUT2D eigenvalue weighted by atomic mass is 16.3. The lowest BCUT2D eigenvalue weighted by Crippen LogP contribution is -2.32. The van der Waals surface area contributed by atoms with Gasteiger partial charge in [-0.1, -0.05) is 6.92 Å². The van der Waals surface area contributed by atoms with Gasteiger partial charge in [-0.3, -0.25) is 4.79 Å². The summed E-state index contributed by atoms with van der Waals surface area (Å²) in [6.07, 6.45) is 2.23. The number of hydrogen-bond acceptors (Lipinski definition) is 3. The van der Waals surface area contributed by atoms with Gasteiger partial charge in [-0.15, -0.1) is 0 Å². The third-order valence-corrected chi connectivity index (χ3v) is 2.05. The highest BCUT2D eigenvalue weighted by Gasteiger charge is 2.22.